The van der Waals surface area contributed by atoms with E-state index in [1.165, 1.54) is 12.6 Å². The molecule has 0 saturated carbocycles. The van der Waals surface area contributed by atoms with Crippen LogP contribution < -0.4 is 0 Å². The number of benzene rings is 2. The fourth-order valence-electron chi connectivity index (χ4n) is 3.85. The number of carbonyl (C=O) groups is 3. The second-order valence-corrected chi connectivity index (χ2v) is 7.34. The summed E-state index contributed by atoms with van der Waals surface area (Å²) in [5.74, 6) is -0.746. The third-order valence-corrected chi connectivity index (χ3v) is 5.46. The third-order valence-electron chi connectivity index (χ3n) is 5.46. The molecule has 0 radical (unpaired) electrons. The van der Waals surface area contributed by atoms with Gasteiger partial charge in [0.2, 0.25) is 0 Å². The molecule has 2 aromatic carbocycles. The lowest BCUT2D eigenvalue weighted by atomic mass is 10.0. The summed E-state index contributed by atoms with van der Waals surface area (Å²) >= 11 is 0. The van der Waals surface area contributed by atoms with Gasteiger partial charge in [0.05, 0.1) is 11.1 Å². The van der Waals surface area contributed by atoms with Crippen LogP contribution in [0, 0.1) is 0 Å². The molecule has 3 amide bonds. The van der Waals surface area contributed by atoms with Crippen molar-refractivity contribution < 1.29 is 14.4 Å². The third kappa shape index (κ3) is 3.43. The quantitative estimate of drug-likeness (QED) is 0.770. The second kappa shape index (κ2) is 7.56. The van der Waals surface area contributed by atoms with Gasteiger partial charge in [0.25, 0.3) is 17.7 Å². The molecule has 6 nitrogen and oxygen atoms in total. The summed E-state index contributed by atoms with van der Waals surface area (Å²) in [5, 5.41) is 0. The maximum Gasteiger partial charge on any atom is 0.261 e. The van der Waals surface area contributed by atoms with E-state index in [1.807, 2.05) is 23.1 Å². The lowest BCUT2D eigenvalue weighted by Crippen LogP contribution is -2.35. The molecule has 1 saturated heterocycles. The predicted octanol–water partition coefficient (Wildman–Crippen LogP) is 2.26. The number of hydrogen-bond acceptors (Lipinski definition) is 4. The summed E-state index contributed by atoms with van der Waals surface area (Å²) in [7, 11) is 1.46. The van der Waals surface area contributed by atoms with Crippen LogP contribution in [0.2, 0.25) is 0 Å². The first-order valence-corrected chi connectivity index (χ1v) is 9.56. The van der Waals surface area contributed by atoms with Crippen molar-refractivity contribution in [1.82, 2.24) is 14.7 Å². The van der Waals surface area contributed by atoms with Crippen molar-refractivity contribution in [2.24, 2.45) is 0 Å². The van der Waals surface area contributed by atoms with Crippen LogP contribution in [-0.4, -0.2) is 65.6 Å². The molecule has 6 heteroatoms. The molecular formula is C22H23N3O3. The van der Waals surface area contributed by atoms with Crippen molar-refractivity contribution >= 4 is 17.7 Å². The van der Waals surface area contributed by atoms with E-state index >= 15 is 0 Å². The molecule has 2 heterocycles. The summed E-state index contributed by atoms with van der Waals surface area (Å²) in [6.45, 7) is 3.97. The van der Waals surface area contributed by atoms with E-state index in [4.69, 9.17) is 0 Å². The number of rotatable bonds is 3. The van der Waals surface area contributed by atoms with Crippen LogP contribution in [0.3, 0.4) is 0 Å². The molecule has 0 N–H and O–H groups in total. The Balaban J connectivity index is 1.45. The Morgan fingerprint density at radius 1 is 0.893 bits per heavy atom. The highest BCUT2D eigenvalue weighted by Crippen LogP contribution is 2.23. The van der Waals surface area contributed by atoms with Crippen LogP contribution in [0.1, 0.15) is 43.1 Å². The van der Waals surface area contributed by atoms with Crippen molar-refractivity contribution in [1.29, 1.82) is 0 Å². The standard InChI is InChI=1S/C22H23N3O3/c1-23-21(27)18-9-8-17(14-19(18)22(23)28)20(26)25-11-5-10-24(12-13-25)15-16-6-3-2-4-7-16/h2-4,6-9,14H,5,10-13,15H2,1H3. The highest BCUT2D eigenvalue weighted by Gasteiger charge is 2.33. The molecule has 0 unspecified atom stereocenters. The first-order chi connectivity index (χ1) is 13.5. The Morgan fingerprint density at radius 3 is 2.43 bits per heavy atom. The van der Waals surface area contributed by atoms with E-state index < -0.39 is 0 Å². The Bertz CT molecular complexity index is 926. The van der Waals surface area contributed by atoms with Gasteiger partial charge < -0.3 is 4.90 Å². The van der Waals surface area contributed by atoms with Gasteiger partial charge in [-0.15, -0.1) is 0 Å². The van der Waals surface area contributed by atoms with Crippen LogP contribution in [0.5, 0.6) is 0 Å². The molecule has 0 spiro atoms. The Labute approximate surface area is 164 Å². The van der Waals surface area contributed by atoms with Crippen molar-refractivity contribution in [3.05, 3.63) is 70.8 Å². The number of fused-ring (bicyclic) bond motifs is 1. The summed E-state index contributed by atoms with van der Waals surface area (Å²) in [5.41, 5.74) is 2.42. The molecule has 2 aliphatic rings. The molecule has 28 heavy (non-hydrogen) atoms. The maximum absolute atomic E-state index is 13.0. The van der Waals surface area contributed by atoms with Gasteiger partial charge in [-0.25, -0.2) is 0 Å². The highest BCUT2D eigenvalue weighted by atomic mass is 16.2. The number of hydrogen-bond donors (Lipinski definition) is 0. The van der Waals surface area contributed by atoms with Gasteiger partial charge >= 0.3 is 0 Å². The van der Waals surface area contributed by atoms with E-state index in [9.17, 15) is 14.4 Å². The van der Waals surface area contributed by atoms with Gasteiger partial charge in [0.15, 0.2) is 0 Å². The lowest BCUT2D eigenvalue weighted by Gasteiger charge is -2.22. The topological polar surface area (TPSA) is 60.9 Å². The first kappa shape index (κ1) is 18.4. The Morgan fingerprint density at radius 2 is 1.64 bits per heavy atom. The van der Waals surface area contributed by atoms with Crippen molar-refractivity contribution in [3.63, 3.8) is 0 Å². The first-order valence-electron chi connectivity index (χ1n) is 9.56. The van der Waals surface area contributed by atoms with E-state index in [2.05, 4.69) is 17.0 Å². The minimum Gasteiger partial charge on any atom is -0.337 e. The highest BCUT2D eigenvalue weighted by molar-refractivity contribution is 6.21. The van der Waals surface area contributed by atoms with Crippen LogP contribution >= 0.6 is 0 Å². The average Bonchev–Trinajstić information content (AvgIpc) is 2.89. The van der Waals surface area contributed by atoms with E-state index in [-0.39, 0.29) is 17.7 Å². The van der Waals surface area contributed by atoms with Gasteiger partial charge in [0.1, 0.15) is 0 Å². The van der Waals surface area contributed by atoms with Crippen molar-refractivity contribution in [2.75, 3.05) is 33.2 Å². The summed E-state index contributed by atoms with van der Waals surface area (Å²) in [6.07, 6.45) is 0.906. The van der Waals surface area contributed by atoms with Crippen LogP contribution in [-0.2, 0) is 6.54 Å². The van der Waals surface area contributed by atoms with Gasteiger partial charge in [-0.05, 0) is 30.2 Å². The van der Waals surface area contributed by atoms with Gasteiger partial charge in [-0.3, -0.25) is 24.2 Å². The monoisotopic (exact) mass is 377 g/mol. The molecule has 0 aliphatic carbocycles. The van der Waals surface area contributed by atoms with Gasteiger partial charge in [0, 0.05) is 45.3 Å². The largest absolute Gasteiger partial charge is 0.337 e. The van der Waals surface area contributed by atoms with Crippen LogP contribution in [0.4, 0.5) is 0 Å². The number of carbonyl (C=O) groups excluding carboxylic acids is 3. The smallest absolute Gasteiger partial charge is 0.261 e. The fraction of sp³-hybridized carbons (Fsp3) is 0.318. The average molecular weight is 377 g/mol. The molecule has 0 aromatic heterocycles. The van der Waals surface area contributed by atoms with Gasteiger partial charge in [-0.1, -0.05) is 30.3 Å². The summed E-state index contributed by atoms with van der Waals surface area (Å²) < 4.78 is 0. The molecule has 2 aromatic rings. The van der Waals surface area contributed by atoms with E-state index in [0.717, 1.165) is 31.0 Å². The molecule has 1 fully saturated rings. The molecule has 2 aliphatic heterocycles. The number of nitrogens with zero attached hydrogens (tertiary/aromatic N) is 3. The fourth-order valence-corrected chi connectivity index (χ4v) is 3.85. The van der Waals surface area contributed by atoms with E-state index in [0.29, 0.717) is 29.8 Å². The molecule has 0 bridgehead atoms. The normalized spacial score (nSPS) is 17.6. The minimum atomic E-state index is -0.348. The molecule has 4 rings (SSSR count). The van der Waals surface area contributed by atoms with Crippen LogP contribution in [0.15, 0.2) is 48.5 Å². The zero-order valence-corrected chi connectivity index (χ0v) is 15.9. The van der Waals surface area contributed by atoms with E-state index in [1.54, 1.807) is 18.2 Å². The SMILES string of the molecule is CN1C(=O)c2ccc(C(=O)N3CCCN(Cc4ccccc4)CC3)cc2C1=O. The molecule has 144 valence electrons. The Kier molecular flexibility index (Phi) is 4.96. The van der Waals surface area contributed by atoms with Crippen molar-refractivity contribution in [3.8, 4) is 0 Å². The zero-order chi connectivity index (χ0) is 19.7. The molecular weight excluding hydrogens is 354 g/mol. The lowest BCUT2D eigenvalue weighted by molar-refractivity contribution is 0.0692. The summed E-state index contributed by atoms with van der Waals surface area (Å²) in [4.78, 5) is 42.5. The molecule has 0 atom stereocenters. The van der Waals surface area contributed by atoms with Crippen LogP contribution in [0.25, 0.3) is 0 Å². The number of amides is 3. The minimum absolute atomic E-state index is 0.0841. The Hall–Kier alpha value is -2.99. The van der Waals surface area contributed by atoms with Crippen molar-refractivity contribution in [2.45, 2.75) is 13.0 Å². The predicted molar refractivity (Wildman–Crippen MR) is 105 cm³/mol. The summed E-state index contributed by atoms with van der Waals surface area (Å²) in [6, 6.07) is 15.1. The second-order valence-electron chi connectivity index (χ2n) is 7.34. The maximum atomic E-state index is 13.0. The zero-order valence-electron chi connectivity index (χ0n) is 15.9. The number of imide groups is 1. The van der Waals surface area contributed by atoms with Gasteiger partial charge in [-0.2, -0.15) is 0 Å².